The van der Waals surface area contributed by atoms with Crippen LogP contribution in [0.3, 0.4) is 0 Å². The van der Waals surface area contributed by atoms with E-state index in [1.807, 2.05) is 19.9 Å². The summed E-state index contributed by atoms with van der Waals surface area (Å²) < 4.78 is 27.2. The average Bonchev–Trinajstić information content (AvgIpc) is 3.24. The molecule has 0 aliphatic heterocycles. The van der Waals surface area contributed by atoms with Gasteiger partial charge >= 0.3 is 0 Å². The quantitative estimate of drug-likeness (QED) is 0.342. The molecule has 0 aliphatic rings. The molecule has 0 saturated carbocycles. The van der Waals surface area contributed by atoms with Gasteiger partial charge in [0.05, 0.1) is 10.6 Å². The van der Waals surface area contributed by atoms with E-state index in [2.05, 4.69) is 30.2 Å². The van der Waals surface area contributed by atoms with Crippen molar-refractivity contribution in [3.05, 3.63) is 77.7 Å². The van der Waals surface area contributed by atoms with Gasteiger partial charge in [0.1, 0.15) is 11.4 Å². The Hall–Kier alpha value is -4.25. The lowest BCUT2D eigenvalue weighted by Gasteiger charge is -2.08. The highest BCUT2D eigenvalue weighted by Gasteiger charge is 2.18. The molecular weight excluding hydrogens is 444 g/mol. The smallest absolute Gasteiger partial charge is 0.273 e. The van der Waals surface area contributed by atoms with Gasteiger partial charge in [0.2, 0.25) is 5.95 Å². The number of H-pyrrole nitrogens is 1. The lowest BCUT2D eigenvalue weighted by atomic mass is 10.0. The van der Waals surface area contributed by atoms with Crippen LogP contribution < -0.4 is 10.0 Å². The van der Waals surface area contributed by atoms with Crippen molar-refractivity contribution in [1.82, 2.24) is 20.2 Å². The number of carbonyl (C=O) groups excluding carboxylic acids is 1. The highest BCUT2D eigenvalue weighted by Crippen LogP contribution is 2.32. The number of phenolic OH excluding ortho intramolecular Hbond substituents is 1. The number of nitrogens with one attached hydrogen (secondary N) is 3. The molecule has 0 bridgehead atoms. The van der Waals surface area contributed by atoms with E-state index >= 15 is 0 Å². The van der Waals surface area contributed by atoms with Gasteiger partial charge < -0.3 is 10.4 Å². The predicted molar refractivity (Wildman–Crippen MR) is 122 cm³/mol. The number of rotatable bonds is 6. The summed E-state index contributed by atoms with van der Waals surface area (Å²) in [7, 11) is -3.88. The molecule has 0 radical (unpaired) electrons. The molecule has 0 atom stereocenters. The zero-order chi connectivity index (χ0) is 23.6. The van der Waals surface area contributed by atoms with Crippen LogP contribution in [0.2, 0.25) is 0 Å². The van der Waals surface area contributed by atoms with Crippen LogP contribution in [0, 0.1) is 13.8 Å². The molecule has 0 aliphatic carbocycles. The Bertz CT molecular complexity index is 1390. The van der Waals surface area contributed by atoms with Crippen molar-refractivity contribution in [1.29, 1.82) is 0 Å². The standard InChI is InChI=1S/C22H20N6O4S/c1-13-10-14(2)20(19(29)11-13)17-12-18(27-26-17)21(30)25-15-4-6-16(7-5-15)33(31,32)28-22-23-8-3-9-24-22/h3-12,29H,1-2H3,(H,25,30)(H,26,27)(H,23,24,28). The number of benzene rings is 2. The molecule has 0 unspecified atom stereocenters. The van der Waals surface area contributed by atoms with E-state index in [1.54, 1.807) is 12.1 Å². The largest absolute Gasteiger partial charge is 0.507 e. The second kappa shape index (κ2) is 8.71. The molecule has 0 fully saturated rings. The van der Waals surface area contributed by atoms with Crippen molar-refractivity contribution in [2.24, 2.45) is 0 Å². The van der Waals surface area contributed by atoms with Crippen molar-refractivity contribution in [3.63, 3.8) is 0 Å². The Kier molecular flexibility index (Phi) is 5.80. The number of phenols is 1. The van der Waals surface area contributed by atoms with Crippen molar-refractivity contribution in [3.8, 4) is 17.0 Å². The van der Waals surface area contributed by atoms with E-state index in [1.165, 1.54) is 42.7 Å². The first-order chi connectivity index (χ1) is 15.7. The number of nitrogens with zero attached hydrogens (tertiary/aromatic N) is 3. The third-order valence-electron chi connectivity index (χ3n) is 4.75. The molecule has 33 heavy (non-hydrogen) atoms. The molecular formula is C22H20N6O4S. The summed E-state index contributed by atoms with van der Waals surface area (Å²) in [6, 6.07) is 12.3. The van der Waals surface area contributed by atoms with Crippen molar-refractivity contribution < 1.29 is 18.3 Å². The molecule has 0 spiro atoms. The second-order valence-electron chi connectivity index (χ2n) is 7.30. The Morgan fingerprint density at radius 1 is 1.03 bits per heavy atom. The molecule has 1 amide bonds. The lowest BCUT2D eigenvalue weighted by molar-refractivity contribution is 0.102. The first kappa shape index (κ1) is 22.0. The number of aromatic amines is 1. The third kappa shape index (κ3) is 4.83. The van der Waals surface area contributed by atoms with Crippen molar-refractivity contribution in [2.75, 3.05) is 10.0 Å². The molecule has 4 N–H and O–H groups in total. The highest BCUT2D eigenvalue weighted by molar-refractivity contribution is 7.92. The normalized spacial score (nSPS) is 11.2. The Labute approximate surface area is 189 Å². The SMILES string of the molecule is Cc1cc(C)c(-c2cc(C(=O)Nc3ccc(S(=O)(=O)Nc4ncccn4)cc3)[nH]n2)c(O)c1. The molecule has 0 saturated heterocycles. The van der Waals surface area contributed by atoms with Crippen LogP contribution in [-0.4, -0.2) is 39.6 Å². The van der Waals surface area contributed by atoms with Crippen molar-refractivity contribution in [2.45, 2.75) is 18.7 Å². The molecule has 168 valence electrons. The van der Waals surface area contributed by atoms with Gasteiger partial charge in [0.25, 0.3) is 15.9 Å². The van der Waals surface area contributed by atoms with Crippen LogP contribution >= 0.6 is 0 Å². The number of amides is 1. The third-order valence-corrected chi connectivity index (χ3v) is 6.10. The lowest BCUT2D eigenvalue weighted by Crippen LogP contribution is -2.15. The molecule has 4 aromatic rings. The zero-order valence-electron chi connectivity index (χ0n) is 17.7. The second-order valence-corrected chi connectivity index (χ2v) is 8.98. The van der Waals surface area contributed by atoms with Crippen molar-refractivity contribution >= 4 is 27.6 Å². The maximum absolute atomic E-state index is 12.6. The molecule has 10 nitrogen and oxygen atoms in total. The van der Waals surface area contributed by atoms with Gasteiger partial charge in [-0.05, 0) is 67.4 Å². The fourth-order valence-corrected chi connectivity index (χ4v) is 4.25. The molecule has 2 heterocycles. The van der Waals surface area contributed by atoms with E-state index in [0.29, 0.717) is 16.9 Å². The summed E-state index contributed by atoms with van der Waals surface area (Å²) in [5.74, 6) is -0.429. The molecule has 11 heteroatoms. The van der Waals surface area contributed by atoms with Crippen LogP contribution in [0.15, 0.2) is 65.8 Å². The van der Waals surface area contributed by atoms with Crippen LogP contribution in [0.1, 0.15) is 21.6 Å². The average molecular weight is 465 g/mol. The number of anilines is 2. The monoisotopic (exact) mass is 464 g/mol. The van der Waals surface area contributed by atoms with Gasteiger partial charge in [-0.25, -0.2) is 23.1 Å². The van der Waals surface area contributed by atoms with E-state index in [0.717, 1.165) is 11.1 Å². The fourth-order valence-electron chi connectivity index (χ4n) is 3.29. The first-order valence-electron chi connectivity index (χ1n) is 9.80. The fraction of sp³-hybridized carbons (Fsp3) is 0.0909. The summed E-state index contributed by atoms with van der Waals surface area (Å²) in [6.45, 7) is 3.73. The van der Waals surface area contributed by atoms with Gasteiger partial charge in [-0.1, -0.05) is 6.07 Å². The van der Waals surface area contributed by atoms with E-state index in [9.17, 15) is 18.3 Å². The molecule has 2 aromatic carbocycles. The van der Waals surface area contributed by atoms with Gasteiger partial charge in [-0.2, -0.15) is 5.10 Å². The number of hydrogen-bond donors (Lipinski definition) is 4. The number of aromatic nitrogens is 4. The topological polar surface area (TPSA) is 150 Å². The predicted octanol–water partition coefficient (Wildman–Crippen LogP) is 3.24. The van der Waals surface area contributed by atoms with Crippen LogP contribution in [0.4, 0.5) is 11.6 Å². The summed E-state index contributed by atoms with van der Waals surface area (Å²) >= 11 is 0. The van der Waals surface area contributed by atoms with Crippen LogP contribution in [-0.2, 0) is 10.0 Å². The van der Waals surface area contributed by atoms with Gasteiger partial charge in [0.15, 0.2) is 0 Å². The minimum absolute atomic E-state index is 0.0119. The number of sulfonamides is 1. The summed E-state index contributed by atoms with van der Waals surface area (Å²) in [4.78, 5) is 20.3. The van der Waals surface area contributed by atoms with Gasteiger partial charge in [-0.15, -0.1) is 0 Å². The highest BCUT2D eigenvalue weighted by atomic mass is 32.2. The van der Waals surface area contributed by atoms with E-state index in [-0.39, 0.29) is 22.3 Å². The first-order valence-corrected chi connectivity index (χ1v) is 11.3. The summed E-state index contributed by atoms with van der Waals surface area (Å²) in [6.07, 6.45) is 2.84. The number of aryl methyl sites for hydroxylation is 2. The van der Waals surface area contributed by atoms with Gasteiger partial charge in [0, 0.05) is 23.6 Å². The Balaban J connectivity index is 1.48. The summed E-state index contributed by atoms with van der Waals surface area (Å²) in [5, 5.41) is 19.8. The minimum Gasteiger partial charge on any atom is -0.507 e. The number of carbonyl (C=O) groups is 1. The van der Waals surface area contributed by atoms with Crippen LogP contribution in [0.25, 0.3) is 11.3 Å². The maximum atomic E-state index is 12.6. The van der Waals surface area contributed by atoms with E-state index in [4.69, 9.17) is 0 Å². The van der Waals surface area contributed by atoms with Crippen LogP contribution in [0.5, 0.6) is 5.75 Å². The number of hydrogen-bond acceptors (Lipinski definition) is 7. The number of aromatic hydroxyl groups is 1. The Morgan fingerprint density at radius 2 is 1.73 bits per heavy atom. The molecule has 2 aromatic heterocycles. The molecule has 4 rings (SSSR count). The van der Waals surface area contributed by atoms with E-state index < -0.39 is 15.9 Å². The zero-order valence-corrected chi connectivity index (χ0v) is 18.5. The van der Waals surface area contributed by atoms with Gasteiger partial charge in [-0.3, -0.25) is 9.89 Å². The minimum atomic E-state index is -3.88. The Morgan fingerprint density at radius 3 is 2.39 bits per heavy atom. The summed E-state index contributed by atoms with van der Waals surface area (Å²) in [5.41, 5.74) is 3.30. The maximum Gasteiger partial charge on any atom is 0.273 e.